The maximum Gasteiger partial charge on any atom is 0.326 e. The molecule has 6 heteroatoms. The van der Waals surface area contributed by atoms with Gasteiger partial charge in [-0.15, -0.1) is 0 Å². The van der Waals surface area contributed by atoms with E-state index in [1.165, 1.54) is 6.39 Å². The molecule has 2 aromatic rings. The minimum atomic E-state index is -1.03. The van der Waals surface area contributed by atoms with Crippen molar-refractivity contribution >= 4 is 11.9 Å². The number of nitrogens with zero attached hydrogens (tertiary/aromatic N) is 1. The summed E-state index contributed by atoms with van der Waals surface area (Å²) >= 11 is 0. The smallest absolute Gasteiger partial charge is 0.326 e. The van der Waals surface area contributed by atoms with Gasteiger partial charge in [-0.1, -0.05) is 26.0 Å². The van der Waals surface area contributed by atoms with E-state index in [9.17, 15) is 9.59 Å². The highest BCUT2D eigenvalue weighted by Gasteiger charge is 2.21. The third kappa shape index (κ3) is 3.94. The van der Waals surface area contributed by atoms with Crippen molar-refractivity contribution in [3.05, 3.63) is 42.4 Å². The lowest BCUT2D eigenvalue weighted by Crippen LogP contribution is -2.41. The molecule has 0 aliphatic heterocycles. The molecular formula is C16H18N2O4. The molecular weight excluding hydrogens is 284 g/mol. The Morgan fingerprint density at radius 2 is 1.95 bits per heavy atom. The van der Waals surface area contributed by atoms with Gasteiger partial charge in [0.2, 0.25) is 0 Å². The van der Waals surface area contributed by atoms with Crippen molar-refractivity contribution in [2.45, 2.75) is 26.3 Å². The second-order valence-electron chi connectivity index (χ2n) is 5.44. The van der Waals surface area contributed by atoms with Crippen molar-refractivity contribution in [3.8, 4) is 11.3 Å². The van der Waals surface area contributed by atoms with Crippen molar-refractivity contribution in [2.75, 3.05) is 0 Å². The molecule has 0 saturated heterocycles. The van der Waals surface area contributed by atoms with E-state index < -0.39 is 17.9 Å². The quantitative estimate of drug-likeness (QED) is 0.855. The van der Waals surface area contributed by atoms with Gasteiger partial charge >= 0.3 is 5.97 Å². The summed E-state index contributed by atoms with van der Waals surface area (Å²) in [5, 5.41) is 11.7. The summed E-state index contributed by atoms with van der Waals surface area (Å²) in [6, 6.07) is 5.82. The van der Waals surface area contributed by atoms with Crippen LogP contribution in [0.15, 0.2) is 41.3 Å². The molecule has 0 aliphatic carbocycles. The minimum Gasteiger partial charge on any atom is -0.480 e. The third-order valence-electron chi connectivity index (χ3n) is 3.17. The minimum absolute atomic E-state index is 0.176. The van der Waals surface area contributed by atoms with Gasteiger partial charge in [-0.3, -0.25) is 4.79 Å². The molecule has 0 bridgehead atoms. The summed E-state index contributed by atoms with van der Waals surface area (Å²) in [5.74, 6) is -0.650. The van der Waals surface area contributed by atoms with Gasteiger partial charge in [-0.25, -0.2) is 9.78 Å². The predicted octanol–water partition coefficient (Wildman–Crippen LogP) is 2.57. The lowest BCUT2D eigenvalue weighted by molar-refractivity contribution is -0.139. The van der Waals surface area contributed by atoms with Crippen LogP contribution >= 0.6 is 0 Å². The van der Waals surface area contributed by atoms with Gasteiger partial charge in [0.05, 0.1) is 6.20 Å². The second kappa shape index (κ2) is 6.89. The number of carbonyl (C=O) groups is 2. The molecule has 2 rings (SSSR count). The SMILES string of the molecule is CC(C)C[C@H](NC(=O)c1ccc(-c2cnco2)cc1)C(=O)O. The Hall–Kier alpha value is -2.63. The molecule has 0 fully saturated rings. The molecule has 1 aromatic heterocycles. The Morgan fingerprint density at radius 1 is 1.27 bits per heavy atom. The number of benzene rings is 1. The Morgan fingerprint density at radius 3 is 2.45 bits per heavy atom. The van der Waals surface area contributed by atoms with E-state index in [0.29, 0.717) is 17.7 Å². The molecule has 1 amide bonds. The van der Waals surface area contributed by atoms with Gasteiger partial charge in [0.15, 0.2) is 12.2 Å². The maximum absolute atomic E-state index is 12.1. The van der Waals surface area contributed by atoms with Crippen LogP contribution in [-0.4, -0.2) is 28.0 Å². The zero-order valence-corrected chi connectivity index (χ0v) is 12.4. The number of carbonyl (C=O) groups excluding carboxylic acids is 1. The lowest BCUT2D eigenvalue weighted by Gasteiger charge is -2.16. The van der Waals surface area contributed by atoms with Crippen LogP contribution in [0.2, 0.25) is 0 Å². The summed E-state index contributed by atoms with van der Waals surface area (Å²) in [6.07, 6.45) is 3.30. The molecule has 0 spiro atoms. The number of aliphatic carboxylic acids is 1. The molecule has 1 aromatic carbocycles. The summed E-state index contributed by atoms with van der Waals surface area (Å²) in [4.78, 5) is 27.1. The Balaban J connectivity index is 2.07. The molecule has 2 N–H and O–H groups in total. The average Bonchev–Trinajstić information content (AvgIpc) is 3.00. The van der Waals surface area contributed by atoms with Crippen LogP contribution in [0.1, 0.15) is 30.6 Å². The molecule has 116 valence electrons. The largest absolute Gasteiger partial charge is 0.480 e. The van der Waals surface area contributed by atoms with Crippen LogP contribution in [0.4, 0.5) is 0 Å². The topological polar surface area (TPSA) is 92.4 Å². The molecule has 0 saturated carbocycles. The Kier molecular flexibility index (Phi) is 4.93. The first-order valence-electron chi connectivity index (χ1n) is 7.00. The normalized spacial score (nSPS) is 12.1. The number of carboxylic acid groups (broad SMARTS) is 1. The van der Waals surface area contributed by atoms with Crippen molar-refractivity contribution in [1.29, 1.82) is 0 Å². The molecule has 0 aliphatic rings. The van der Waals surface area contributed by atoms with E-state index in [1.54, 1.807) is 30.5 Å². The predicted molar refractivity (Wildman–Crippen MR) is 80.3 cm³/mol. The van der Waals surface area contributed by atoms with Gasteiger partial charge in [0, 0.05) is 11.1 Å². The van der Waals surface area contributed by atoms with Gasteiger partial charge < -0.3 is 14.8 Å². The van der Waals surface area contributed by atoms with Crippen LogP contribution in [0.25, 0.3) is 11.3 Å². The highest BCUT2D eigenvalue weighted by atomic mass is 16.4. The van der Waals surface area contributed by atoms with E-state index >= 15 is 0 Å². The highest BCUT2D eigenvalue weighted by molar-refractivity contribution is 5.96. The molecule has 6 nitrogen and oxygen atoms in total. The van der Waals surface area contributed by atoms with Gasteiger partial charge in [0.1, 0.15) is 6.04 Å². The standard InChI is InChI=1S/C16H18N2O4/c1-10(2)7-13(16(20)21)18-15(19)12-5-3-11(4-6-12)14-8-17-9-22-14/h3-6,8-10,13H,7H2,1-2H3,(H,18,19)(H,20,21)/t13-/m0/s1. The molecule has 1 heterocycles. The molecule has 1 atom stereocenters. The Labute approximate surface area is 128 Å². The van der Waals surface area contributed by atoms with E-state index in [4.69, 9.17) is 9.52 Å². The number of nitrogens with one attached hydrogen (secondary N) is 1. The fourth-order valence-corrected chi connectivity index (χ4v) is 2.08. The van der Waals surface area contributed by atoms with Gasteiger partial charge in [-0.05, 0) is 24.5 Å². The fourth-order valence-electron chi connectivity index (χ4n) is 2.08. The Bertz CT molecular complexity index is 633. The number of hydrogen-bond donors (Lipinski definition) is 2. The van der Waals surface area contributed by atoms with Gasteiger partial charge in [0.25, 0.3) is 5.91 Å². The number of rotatable bonds is 6. The summed E-state index contributed by atoms with van der Waals surface area (Å²) < 4.78 is 5.17. The number of amides is 1. The molecule has 22 heavy (non-hydrogen) atoms. The number of hydrogen-bond acceptors (Lipinski definition) is 4. The number of oxazole rings is 1. The summed E-state index contributed by atoms with van der Waals surface area (Å²) in [7, 11) is 0. The number of aromatic nitrogens is 1. The monoisotopic (exact) mass is 302 g/mol. The molecule has 0 radical (unpaired) electrons. The van der Waals surface area contributed by atoms with E-state index in [1.807, 2.05) is 13.8 Å². The van der Waals surface area contributed by atoms with Crippen molar-refractivity contribution in [1.82, 2.24) is 10.3 Å². The first-order valence-corrected chi connectivity index (χ1v) is 7.00. The van der Waals surface area contributed by atoms with Gasteiger partial charge in [-0.2, -0.15) is 0 Å². The summed E-state index contributed by atoms with van der Waals surface area (Å²) in [6.45, 7) is 3.82. The summed E-state index contributed by atoms with van der Waals surface area (Å²) in [5.41, 5.74) is 1.20. The van der Waals surface area contributed by atoms with Crippen LogP contribution in [0.5, 0.6) is 0 Å². The third-order valence-corrected chi connectivity index (χ3v) is 3.17. The zero-order valence-electron chi connectivity index (χ0n) is 12.4. The van der Waals surface area contributed by atoms with E-state index in [2.05, 4.69) is 10.3 Å². The number of carboxylic acids is 1. The van der Waals surface area contributed by atoms with Crippen molar-refractivity contribution in [3.63, 3.8) is 0 Å². The maximum atomic E-state index is 12.1. The fraction of sp³-hybridized carbons (Fsp3) is 0.312. The van der Waals surface area contributed by atoms with E-state index in [0.717, 1.165) is 5.56 Å². The van der Waals surface area contributed by atoms with Crippen molar-refractivity contribution < 1.29 is 19.1 Å². The highest BCUT2D eigenvalue weighted by Crippen LogP contribution is 2.19. The lowest BCUT2D eigenvalue weighted by atomic mass is 10.0. The van der Waals surface area contributed by atoms with Crippen LogP contribution in [0.3, 0.4) is 0 Å². The van der Waals surface area contributed by atoms with E-state index in [-0.39, 0.29) is 5.92 Å². The zero-order chi connectivity index (χ0) is 16.1. The average molecular weight is 302 g/mol. The van der Waals surface area contributed by atoms with Crippen molar-refractivity contribution in [2.24, 2.45) is 5.92 Å². The van der Waals surface area contributed by atoms with Crippen LogP contribution in [-0.2, 0) is 4.79 Å². The van der Waals surface area contributed by atoms with Crippen LogP contribution in [0, 0.1) is 5.92 Å². The first kappa shape index (κ1) is 15.8. The second-order valence-corrected chi connectivity index (χ2v) is 5.44. The van der Waals surface area contributed by atoms with Crippen LogP contribution < -0.4 is 5.32 Å². The molecule has 0 unspecified atom stereocenters. The first-order chi connectivity index (χ1) is 10.5.